The first-order valence-corrected chi connectivity index (χ1v) is 5.39. The van der Waals surface area contributed by atoms with E-state index in [1.54, 1.807) is 0 Å². The van der Waals surface area contributed by atoms with Gasteiger partial charge >= 0.3 is 5.82 Å². The van der Waals surface area contributed by atoms with Crippen LogP contribution in [0.5, 0.6) is 0 Å². The molecule has 0 aliphatic carbocycles. The Morgan fingerprint density at radius 2 is 1.40 bits per heavy atom. The minimum atomic E-state index is -1.80. The maximum absolute atomic E-state index is 14.0. The molecule has 0 unspecified atom stereocenters. The largest absolute Gasteiger partial charge is 0.532 e. The van der Waals surface area contributed by atoms with E-state index in [4.69, 9.17) is 23.7 Å². The Morgan fingerprint density at radius 1 is 0.950 bits per heavy atom. The average molecular weight is 337 g/mol. The fourth-order valence-electron chi connectivity index (χ4n) is 1.32. The van der Waals surface area contributed by atoms with Crippen molar-refractivity contribution in [3.63, 3.8) is 0 Å². The summed E-state index contributed by atoms with van der Waals surface area (Å²) in [4.78, 5) is 5.21. The standard InChI is InChI=1S/C12BrF3N4/c1-19-12(20-2)7-9(14)8(13)6(5(3-17)4-18)10(15)11(7)16. The topological polar surface area (TPSA) is 56.3 Å². The molecule has 0 fully saturated rings. The molecule has 0 saturated carbocycles. The summed E-state index contributed by atoms with van der Waals surface area (Å²) in [6.45, 7) is 13.3. The first-order chi connectivity index (χ1) is 9.44. The monoisotopic (exact) mass is 336 g/mol. The summed E-state index contributed by atoms with van der Waals surface area (Å²) in [5.74, 6) is -5.91. The highest BCUT2D eigenvalue weighted by molar-refractivity contribution is 9.10. The lowest BCUT2D eigenvalue weighted by Crippen LogP contribution is -2.28. The number of nitriles is 2. The van der Waals surface area contributed by atoms with Crippen LogP contribution in [0.2, 0.25) is 0 Å². The fourth-order valence-corrected chi connectivity index (χ4v) is 1.89. The van der Waals surface area contributed by atoms with Crippen LogP contribution in [-0.4, -0.2) is 0 Å². The second kappa shape index (κ2) is 5.89. The summed E-state index contributed by atoms with van der Waals surface area (Å²) in [5.41, 5.74) is -0.842. The van der Waals surface area contributed by atoms with Crippen LogP contribution in [0.25, 0.3) is 21.1 Å². The van der Waals surface area contributed by atoms with Crippen molar-refractivity contribution in [2.45, 2.75) is 0 Å². The SMILES string of the molecule is [C-]#[N+]C([N+]#[C-])=c1c(F)c(F)c(=C(C#N)C#N)c(Br)c1F. The molecule has 0 heterocycles. The second-order valence-corrected chi connectivity index (χ2v) is 3.94. The highest BCUT2D eigenvalue weighted by Crippen LogP contribution is 2.13. The maximum Gasteiger partial charge on any atom is 0.532 e. The van der Waals surface area contributed by atoms with E-state index in [1.807, 2.05) is 0 Å². The Kier molecular flexibility index (Phi) is 4.49. The van der Waals surface area contributed by atoms with E-state index in [0.29, 0.717) is 0 Å². The van der Waals surface area contributed by atoms with E-state index >= 15 is 0 Å². The molecular formula is C12BrF3N4. The van der Waals surface area contributed by atoms with Crippen LogP contribution in [0.3, 0.4) is 0 Å². The van der Waals surface area contributed by atoms with E-state index in [9.17, 15) is 13.2 Å². The predicted molar refractivity (Wildman–Crippen MR) is 64.5 cm³/mol. The van der Waals surface area contributed by atoms with Gasteiger partial charge in [0.05, 0.1) is 9.69 Å². The van der Waals surface area contributed by atoms with Crippen LogP contribution in [0.4, 0.5) is 13.2 Å². The Labute approximate surface area is 119 Å². The smallest absolute Gasteiger partial charge is 0.206 e. The highest BCUT2D eigenvalue weighted by Gasteiger charge is 2.24. The Hall–Kier alpha value is -2.81. The minimum Gasteiger partial charge on any atom is -0.206 e. The van der Waals surface area contributed by atoms with E-state index in [2.05, 4.69) is 25.6 Å². The van der Waals surface area contributed by atoms with Gasteiger partial charge in [0.15, 0.2) is 11.6 Å². The lowest BCUT2D eigenvalue weighted by atomic mass is 10.1. The zero-order valence-electron chi connectivity index (χ0n) is 9.30. The number of halogens is 4. The van der Waals surface area contributed by atoms with E-state index in [1.165, 1.54) is 12.1 Å². The van der Waals surface area contributed by atoms with Crippen molar-refractivity contribution in [3.8, 4) is 12.1 Å². The zero-order valence-corrected chi connectivity index (χ0v) is 10.9. The molecule has 1 rings (SSSR count). The Bertz CT molecular complexity index is 750. The molecular weight excluding hydrogens is 337 g/mol. The van der Waals surface area contributed by atoms with Gasteiger partial charge in [0, 0.05) is 0 Å². The van der Waals surface area contributed by atoms with Crippen molar-refractivity contribution < 1.29 is 13.2 Å². The molecule has 0 spiro atoms. The second-order valence-electron chi connectivity index (χ2n) is 3.15. The average Bonchev–Trinajstić information content (AvgIpc) is 2.46. The predicted octanol–water partition coefficient (Wildman–Crippen LogP) is 1.97. The van der Waals surface area contributed by atoms with Gasteiger partial charge in [-0.2, -0.15) is 20.2 Å². The normalized spacial score (nSPS) is 8.80. The number of hydrogen-bond donors (Lipinski definition) is 0. The number of rotatable bonds is 0. The molecule has 0 N–H and O–H groups in total. The van der Waals surface area contributed by atoms with Gasteiger partial charge in [-0.15, -0.1) is 0 Å². The van der Waals surface area contributed by atoms with Gasteiger partial charge in [-0.1, -0.05) is 0 Å². The molecule has 0 amide bonds. The molecule has 0 bridgehead atoms. The molecule has 1 aromatic rings. The first-order valence-electron chi connectivity index (χ1n) is 4.60. The third kappa shape index (κ3) is 2.21. The van der Waals surface area contributed by atoms with Gasteiger partial charge in [-0.3, -0.25) is 0 Å². The molecule has 8 heteroatoms. The fraction of sp³-hybridized carbons (Fsp3) is 0. The van der Waals surface area contributed by atoms with Gasteiger partial charge < -0.3 is 0 Å². The van der Waals surface area contributed by atoms with Crippen molar-refractivity contribution in [2.75, 3.05) is 0 Å². The number of benzene rings is 1. The van der Waals surface area contributed by atoms with Crippen molar-refractivity contribution in [2.24, 2.45) is 0 Å². The van der Waals surface area contributed by atoms with E-state index < -0.39 is 43.8 Å². The van der Waals surface area contributed by atoms with Crippen molar-refractivity contribution in [1.29, 1.82) is 10.5 Å². The van der Waals surface area contributed by atoms with Crippen molar-refractivity contribution in [3.05, 3.63) is 55.2 Å². The summed E-state index contributed by atoms with van der Waals surface area (Å²) in [7, 11) is 0. The quantitative estimate of drug-likeness (QED) is 0.537. The van der Waals surface area contributed by atoms with E-state index in [-0.39, 0.29) is 0 Å². The van der Waals surface area contributed by atoms with Crippen LogP contribution >= 0.6 is 15.9 Å². The van der Waals surface area contributed by atoms with Crippen LogP contribution in [0.15, 0.2) is 4.47 Å². The van der Waals surface area contributed by atoms with Crippen LogP contribution in [-0.2, 0) is 0 Å². The van der Waals surface area contributed by atoms with Gasteiger partial charge in [0.25, 0.3) is 0 Å². The molecule has 0 radical (unpaired) electrons. The molecule has 0 aromatic heterocycles. The van der Waals surface area contributed by atoms with Crippen molar-refractivity contribution in [1.82, 2.24) is 0 Å². The maximum atomic E-state index is 14.0. The number of nitrogens with zero attached hydrogens (tertiary/aromatic N) is 4. The van der Waals surface area contributed by atoms with Crippen LogP contribution < -0.4 is 10.4 Å². The minimum absolute atomic E-state index is 0.700. The summed E-state index contributed by atoms with van der Waals surface area (Å²) in [6.07, 6.45) is 0. The molecule has 0 aliphatic heterocycles. The summed E-state index contributed by atoms with van der Waals surface area (Å²) < 4.78 is 40.9. The summed E-state index contributed by atoms with van der Waals surface area (Å²) in [5, 5.41) is 15.2. The lowest BCUT2D eigenvalue weighted by molar-refractivity contribution is 0.476. The third-order valence-corrected chi connectivity index (χ3v) is 2.92. The van der Waals surface area contributed by atoms with Gasteiger partial charge in [-0.25, -0.2) is 13.2 Å². The van der Waals surface area contributed by atoms with E-state index in [0.717, 1.165) is 0 Å². The summed E-state index contributed by atoms with van der Waals surface area (Å²) >= 11 is 2.60. The van der Waals surface area contributed by atoms with Crippen LogP contribution in [0, 0.1) is 53.3 Å². The summed E-state index contributed by atoms with van der Waals surface area (Å²) in [6, 6.07) is 2.61. The molecule has 96 valence electrons. The van der Waals surface area contributed by atoms with Gasteiger partial charge in [0.1, 0.15) is 41.9 Å². The van der Waals surface area contributed by atoms with Crippen LogP contribution in [0.1, 0.15) is 0 Å². The number of hydrogen-bond acceptors (Lipinski definition) is 2. The highest BCUT2D eigenvalue weighted by atomic mass is 79.9. The molecule has 1 aromatic carbocycles. The first kappa shape index (κ1) is 15.2. The zero-order chi connectivity index (χ0) is 15.4. The Morgan fingerprint density at radius 3 is 1.80 bits per heavy atom. The van der Waals surface area contributed by atoms with Gasteiger partial charge in [0.2, 0.25) is 0 Å². The Balaban J connectivity index is 4.35. The van der Waals surface area contributed by atoms with Gasteiger partial charge in [-0.05, 0) is 15.9 Å². The molecule has 0 atom stereocenters. The molecule has 20 heavy (non-hydrogen) atoms. The molecule has 0 aliphatic rings. The molecule has 4 nitrogen and oxygen atoms in total. The third-order valence-electron chi connectivity index (χ3n) is 2.17. The van der Waals surface area contributed by atoms with Crippen molar-refractivity contribution >= 4 is 27.3 Å². The lowest BCUT2D eigenvalue weighted by Gasteiger charge is -2.01. The molecule has 0 saturated heterocycles.